The molecule has 2 heteroatoms. The minimum absolute atomic E-state index is 0.364. The molecule has 86 valence electrons. The van der Waals surface area contributed by atoms with Crippen LogP contribution in [0, 0.1) is 5.41 Å². The summed E-state index contributed by atoms with van der Waals surface area (Å²) in [7, 11) is 0. The number of aryl methyl sites for hydroxylation is 1. The molecule has 0 aliphatic rings. The van der Waals surface area contributed by atoms with Gasteiger partial charge in [0.05, 0.1) is 0 Å². The summed E-state index contributed by atoms with van der Waals surface area (Å²) in [4.78, 5) is 1.50. The third-order valence-corrected chi connectivity index (χ3v) is 3.87. The van der Waals surface area contributed by atoms with Gasteiger partial charge in [-0.15, -0.1) is 11.3 Å². The standard InChI is InChI=1S/C13H23NS/c1-11(13(2,3)4)14-9-5-7-12-8-6-10-15-12/h6,8,10-11,14H,5,7,9H2,1-4H3. The van der Waals surface area contributed by atoms with Gasteiger partial charge in [-0.3, -0.25) is 0 Å². The molecule has 0 spiro atoms. The maximum atomic E-state index is 3.59. The third-order valence-electron chi connectivity index (χ3n) is 2.93. The highest BCUT2D eigenvalue weighted by molar-refractivity contribution is 7.09. The molecule has 0 saturated carbocycles. The van der Waals surface area contributed by atoms with Gasteiger partial charge in [-0.05, 0) is 43.2 Å². The van der Waals surface area contributed by atoms with Crippen molar-refractivity contribution in [3.8, 4) is 0 Å². The largest absolute Gasteiger partial charge is 0.314 e. The molecule has 0 aromatic carbocycles. The molecule has 0 bridgehead atoms. The van der Waals surface area contributed by atoms with Crippen molar-refractivity contribution in [2.24, 2.45) is 5.41 Å². The smallest absolute Gasteiger partial charge is 0.00872 e. The molecular formula is C13H23NS. The average molecular weight is 225 g/mol. The van der Waals surface area contributed by atoms with E-state index in [9.17, 15) is 0 Å². The number of hydrogen-bond donors (Lipinski definition) is 1. The Kier molecular flexibility index (Phi) is 4.81. The summed E-state index contributed by atoms with van der Waals surface area (Å²) in [5, 5.41) is 5.74. The van der Waals surface area contributed by atoms with Gasteiger partial charge >= 0.3 is 0 Å². The van der Waals surface area contributed by atoms with Crippen molar-refractivity contribution in [1.82, 2.24) is 5.32 Å². The van der Waals surface area contributed by atoms with E-state index in [4.69, 9.17) is 0 Å². The lowest BCUT2D eigenvalue weighted by Crippen LogP contribution is -2.38. The summed E-state index contributed by atoms with van der Waals surface area (Å²) < 4.78 is 0. The van der Waals surface area contributed by atoms with Crippen LogP contribution in [0.15, 0.2) is 17.5 Å². The van der Waals surface area contributed by atoms with Gasteiger partial charge in [0.25, 0.3) is 0 Å². The van der Waals surface area contributed by atoms with Gasteiger partial charge in [0, 0.05) is 10.9 Å². The van der Waals surface area contributed by atoms with E-state index in [1.807, 2.05) is 11.3 Å². The topological polar surface area (TPSA) is 12.0 Å². The zero-order chi connectivity index (χ0) is 11.3. The van der Waals surface area contributed by atoms with Crippen LogP contribution in [0.1, 0.15) is 39.0 Å². The highest BCUT2D eigenvalue weighted by Crippen LogP contribution is 2.18. The average Bonchev–Trinajstić information content (AvgIpc) is 2.63. The Balaban J connectivity index is 2.12. The highest BCUT2D eigenvalue weighted by atomic mass is 32.1. The zero-order valence-corrected chi connectivity index (χ0v) is 11.2. The van der Waals surface area contributed by atoms with Gasteiger partial charge in [-0.2, -0.15) is 0 Å². The first kappa shape index (κ1) is 12.7. The fraction of sp³-hybridized carbons (Fsp3) is 0.692. The molecule has 0 aliphatic heterocycles. The maximum absolute atomic E-state index is 3.59. The molecule has 1 rings (SSSR count). The van der Waals surface area contributed by atoms with Crippen LogP contribution in [0.3, 0.4) is 0 Å². The maximum Gasteiger partial charge on any atom is 0.00872 e. The highest BCUT2D eigenvalue weighted by Gasteiger charge is 2.18. The Hall–Kier alpha value is -0.340. The number of thiophene rings is 1. The van der Waals surface area contributed by atoms with Crippen LogP contribution in [0.2, 0.25) is 0 Å². The predicted octanol–water partition coefficient (Wildman–Crippen LogP) is 3.70. The van der Waals surface area contributed by atoms with Crippen LogP contribution in [0.25, 0.3) is 0 Å². The fourth-order valence-electron chi connectivity index (χ4n) is 1.34. The number of rotatable bonds is 5. The van der Waals surface area contributed by atoms with Gasteiger partial charge in [-0.25, -0.2) is 0 Å². The molecule has 1 unspecified atom stereocenters. The Morgan fingerprint density at radius 2 is 2.13 bits per heavy atom. The van der Waals surface area contributed by atoms with Gasteiger partial charge < -0.3 is 5.32 Å². The van der Waals surface area contributed by atoms with Gasteiger partial charge in [-0.1, -0.05) is 26.8 Å². The summed E-state index contributed by atoms with van der Waals surface area (Å²) in [5.41, 5.74) is 0.364. The molecular weight excluding hydrogens is 202 g/mol. The van der Waals surface area contributed by atoms with Crippen molar-refractivity contribution in [2.75, 3.05) is 6.54 Å². The van der Waals surface area contributed by atoms with Crippen LogP contribution in [-0.2, 0) is 6.42 Å². The molecule has 1 N–H and O–H groups in total. The van der Waals surface area contributed by atoms with Crippen LogP contribution in [0.5, 0.6) is 0 Å². The van der Waals surface area contributed by atoms with Crippen molar-refractivity contribution in [2.45, 2.75) is 46.6 Å². The van der Waals surface area contributed by atoms with E-state index in [-0.39, 0.29) is 0 Å². The molecule has 0 radical (unpaired) electrons. The Morgan fingerprint density at radius 3 is 2.67 bits per heavy atom. The Bertz CT molecular complexity index is 259. The molecule has 0 aliphatic carbocycles. The van der Waals surface area contributed by atoms with Crippen molar-refractivity contribution in [1.29, 1.82) is 0 Å². The monoisotopic (exact) mass is 225 g/mol. The van der Waals surface area contributed by atoms with Gasteiger partial charge in [0.15, 0.2) is 0 Å². The van der Waals surface area contributed by atoms with E-state index < -0.39 is 0 Å². The van der Waals surface area contributed by atoms with E-state index in [1.165, 1.54) is 17.7 Å². The second-order valence-corrected chi connectivity index (χ2v) is 6.26. The lowest BCUT2D eigenvalue weighted by atomic mass is 9.88. The SMILES string of the molecule is CC(NCCCc1cccs1)C(C)(C)C. The van der Waals surface area contributed by atoms with Crippen LogP contribution >= 0.6 is 11.3 Å². The number of nitrogens with one attached hydrogen (secondary N) is 1. The van der Waals surface area contributed by atoms with E-state index in [2.05, 4.69) is 50.5 Å². The second kappa shape index (κ2) is 5.66. The first-order valence-corrected chi connectivity index (χ1v) is 6.64. The number of hydrogen-bond acceptors (Lipinski definition) is 2. The van der Waals surface area contributed by atoms with E-state index in [0.717, 1.165) is 6.54 Å². The summed E-state index contributed by atoms with van der Waals surface area (Å²) in [6.07, 6.45) is 2.45. The predicted molar refractivity (Wildman–Crippen MR) is 69.6 cm³/mol. The van der Waals surface area contributed by atoms with Crippen molar-refractivity contribution < 1.29 is 0 Å². The van der Waals surface area contributed by atoms with Crippen molar-refractivity contribution in [3.05, 3.63) is 22.4 Å². The molecule has 1 heterocycles. The molecule has 1 atom stereocenters. The lowest BCUT2D eigenvalue weighted by molar-refractivity contribution is 0.286. The molecule has 1 aromatic heterocycles. The van der Waals surface area contributed by atoms with Crippen molar-refractivity contribution in [3.63, 3.8) is 0 Å². The van der Waals surface area contributed by atoms with Crippen LogP contribution < -0.4 is 5.32 Å². The fourth-order valence-corrected chi connectivity index (χ4v) is 2.09. The molecule has 1 aromatic rings. The summed E-state index contributed by atoms with van der Waals surface area (Å²) in [6.45, 7) is 10.2. The molecule has 0 fully saturated rings. The summed E-state index contributed by atoms with van der Waals surface area (Å²) in [6, 6.07) is 4.93. The van der Waals surface area contributed by atoms with Gasteiger partial charge in [0.1, 0.15) is 0 Å². The van der Waals surface area contributed by atoms with E-state index >= 15 is 0 Å². The lowest BCUT2D eigenvalue weighted by Gasteiger charge is -2.28. The quantitative estimate of drug-likeness (QED) is 0.753. The summed E-state index contributed by atoms with van der Waals surface area (Å²) in [5.74, 6) is 0. The molecule has 1 nitrogen and oxygen atoms in total. The van der Waals surface area contributed by atoms with E-state index in [0.29, 0.717) is 11.5 Å². The second-order valence-electron chi connectivity index (χ2n) is 5.22. The first-order chi connectivity index (χ1) is 7.00. The normalized spacial score (nSPS) is 14.1. The minimum Gasteiger partial charge on any atom is -0.314 e. The Labute approximate surface area is 97.9 Å². The van der Waals surface area contributed by atoms with E-state index in [1.54, 1.807) is 0 Å². The van der Waals surface area contributed by atoms with Crippen LogP contribution in [-0.4, -0.2) is 12.6 Å². The van der Waals surface area contributed by atoms with Crippen LogP contribution in [0.4, 0.5) is 0 Å². The minimum atomic E-state index is 0.364. The van der Waals surface area contributed by atoms with Crippen molar-refractivity contribution >= 4 is 11.3 Å². The summed E-state index contributed by atoms with van der Waals surface area (Å²) >= 11 is 1.86. The Morgan fingerprint density at radius 1 is 1.40 bits per heavy atom. The van der Waals surface area contributed by atoms with Gasteiger partial charge in [0.2, 0.25) is 0 Å². The molecule has 0 saturated heterocycles. The third kappa shape index (κ3) is 4.80. The molecule has 15 heavy (non-hydrogen) atoms. The zero-order valence-electron chi connectivity index (χ0n) is 10.3. The first-order valence-electron chi connectivity index (χ1n) is 5.76. The molecule has 0 amide bonds.